The van der Waals surface area contributed by atoms with Crippen molar-refractivity contribution in [3.05, 3.63) is 76.5 Å². The van der Waals surface area contributed by atoms with Gasteiger partial charge in [-0.2, -0.15) is 0 Å². The molecule has 0 aliphatic rings. The Kier molecular flexibility index (Phi) is 4.06. The number of benzene rings is 3. The number of hydrogen-bond acceptors (Lipinski definition) is 1. The van der Waals surface area contributed by atoms with Crippen LogP contribution in [0.5, 0.6) is 0 Å². The predicted molar refractivity (Wildman–Crippen MR) is 91.7 cm³/mol. The molecule has 0 unspecified atom stereocenters. The zero-order chi connectivity index (χ0) is 15.7. The van der Waals surface area contributed by atoms with E-state index in [2.05, 4.69) is 0 Å². The summed E-state index contributed by atoms with van der Waals surface area (Å²) in [6.45, 7) is 0. The summed E-state index contributed by atoms with van der Waals surface area (Å²) in [6, 6.07) is 17.7. The topological polar surface area (TPSA) is 26.0 Å². The number of halogens is 3. The normalized spacial score (nSPS) is 10.7. The summed E-state index contributed by atoms with van der Waals surface area (Å²) in [6.07, 6.45) is 0. The number of rotatable bonds is 2. The maximum Gasteiger partial charge on any atom is 0.147 e. The number of nitrogen functional groups attached to an aromatic ring is 1. The molecule has 4 heteroatoms. The SMILES string of the molecule is Nc1c(F)cc(-c2ccc(Cl)cc2)cc1-c1ccc(Cl)cc1. The maximum atomic E-state index is 14.2. The molecule has 0 amide bonds. The van der Waals surface area contributed by atoms with Gasteiger partial charge < -0.3 is 5.73 Å². The fraction of sp³-hybridized carbons (Fsp3) is 0. The molecule has 110 valence electrons. The molecule has 0 fully saturated rings. The first-order valence-electron chi connectivity index (χ1n) is 6.65. The molecule has 0 saturated carbocycles. The first kappa shape index (κ1) is 14.9. The molecule has 2 N–H and O–H groups in total. The lowest BCUT2D eigenvalue weighted by Crippen LogP contribution is -1.96. The van der Waals surface area contributed by atoms with E-state index in [9.17, 15) is 4.39 Å². The first-order valence-corrected chi connectivity index (χ1v) is 7.41. The molecule has 3 rings (SSSR count). The monoisotopic (exact) mass is 331 g/mol. The summed E-state index contributed by atoms with van der Waals surface area (Å²) in [5, 5.41) is 1.26. The highest BCUT2D eigenvalue weighted by Gasteiger charge is 2.11. The van der Waals surface area contributed by atoms with Crippen LogP contribution in [0.1, 0.15) is 0 Å². The van der Waals surface area contributed by atoms with E-state index < -0.39 is 5.82 Å². The number of anilines is 1. The van der Waals surface area contributed by atoms with Crippen molar-refractivity contribution in [2.45, 2.75) is 0 Å². The van der Waals surface area contributed by atoms with E-state index in [0.717, 1.165) is 16.7 Å². The summed E-state index contributed by atoms with van der Waals surface area (Å²) in [4.78, 5) is 0. The van der Waals surface area contributed by atoms with Crippen LogP contribution in [0.3, 0.4) is 0 Å². The van der Waals surface area contributed by atoms with E-state index >= 15 is 0 Å². The Hall–Kier alpha value is -2.03. The number of hydrogen-bond donors (Lipinski definition) is 1. The molecule has 3 aromatic carbocycles. The Morgan fingerprint density at radius 3 is 1.73 bits per heavy atom. The average Bonchev–Trinajstić information content (AvgIpc) is 2.52. The molecular formula is C18H12Cl2FN. The van der Waals surface area contributed by atoms with E-state index in [1.54, 1.807) is 24.3 Å². The molecule has 0 spiro atoms. The Labute approximate surface area is 138 Å². The summed E-state index contributed by atoms with van der Waals surface area (Å²) >= 11 is 11.8. The van der Waals surface area contributed by atoms with Crippen molar-refractivity contribution in [3.63, 3.8) is 0 Å². The van der Waals surface area contributed by atoms with Gasteiger partial charge in [-0.1, -0.05) is 47.5 Å². The van der Waals surface area contributed by atoms with Crippen LogP contribution in [0, 0.1) is 5.82 Å². The highest BCUT2D eigenvalue weighted by atomic mass is 35.5. The predicted octanol–water partition coefficient (Wildman–Crippen LogP) is 6.05. The van der Waals surface area contributed by atoms with Gasteiger partial charge in [-0.25, -0.2) is 4.39 Å². The van der Waals surface area contributed by atoms with Crippen molar-refractivity contribution >= 4 is 28.9 Å². The molecule has 0 radical (unpaired) electrons. The van der Waals surface area contributed by atoms with Crippen molar-refractivity contribution in [1.82, 2.24) is 0 Å². The van der Waals surface area contributed by atoms with Gasteiger partial charge in [0.25, 0.3) is 0 Å². The minimum absolute atomic E-state index is 0.125. The quantitative estimate of drug-likeness (QED) is 0.568. The lowest BCUT2D eigenvalue weighted by Gasteiger charge is -2.11. The highest BCUT2D eigenvalue weighted by Crippen LogP contribution is 2.34. The maximum absolute atomic E-state index is 14.2. The van der Waals surface area contributed by atoms with Crippen LogP contribution in [-0.4, -0.2) is 0 Å². The first-order chi connectivity index (χ1) is 10.5. The zero-order valence-corrected chi connectivity index (χ0v) is 13.0. The second-order valence-corrected chi connectivity index (χ2v) is 5.81. The second kappa shape index (κ2) is 5.99. The van der Waals surface area contributed by atoms with Crippen LogP contribution < -0.4 is 5.73 Å². The fourth-order valence-corrected chi connectivity index (χ4v) is 2.55. The summed E-state index contributed by atoms with van der Waals surface area (Å²) < 4.78 is 14.2. The van der Waals surface area contributed by atoms with Gasteiger partial charge in [0.1, 0.15) is 5.82 Å². The average molecular weight is 332 g/mol. The molecule has 0 aliphatic heterocycles. The minimum Gasteiger partial charge on any atom is -0.396 e. The van der Waals surface area contributed by atoms with Crippen LogP contribution in [-0.2, 0) is 0 Å². The van der Waals surface area contributed by atoms with Crippen LogP contribution in [0.15, 0.2) is 60.7 Å². The van der Waals surface area contributed by atoms with E-state index in [4.69, 9.17) is 28.9 Å². The van der Waals surface area contributed by atoms with E-state index in [0.29, 0.717) is 15.6 Å². The molecule has 0 aliphatic carbocycles. The molecule has 1 nitrogen and oxygen atoms in total. The third kappa shape index (κ3) is 2.94. The molecule has 22 heavy (non-hydrogen) atoms. The molecule has 3 aromatic rings. The van der Waals surface area contributed by atoms with Crippen LogP contribution in [0.4, 0.5) is 10.1 Å². The van der Waals surface area contributed by atoms with Gasteiger partial charge in [0.2, 0.25) is 0 Å². The second-order valence-electron chi connectivity index (χ2n) is 4.93. The standard InChI is InChI=1S/C18H12Cl2FN/c19-14-5-1-11(2-6-14)13-9-16(18(22)17(21)10-13)12-3-7-15(20)8-4-12/h1-10H,22H2. The van der Waals surface area contributed by atoms with E-state index in [-0.39, 0.29) is 5.69 Å². The van der Waals surface area contributed by atoms with Gasteiger partial charge in [-0.3, -0.25) is 0 Å². The molecule has 0 saturated heterocycles. The lowest BCUT2D eigenvalue weighted by atomic mass is 9.97. The molecule has 0 atom stereocenters. The summed E-state index contributed by atoms with van der Waals surface area (Å²) in [5.74, 6) is -0.447. The van der Waals surface area contributed by atoms with Gasteiger partial charge in [0, 0.05) is 15.6 Å². The minimum atomic E-state index is -0.447. The molecular weight excluding hydrogens is 320 g/mol. The third-order valence-electron chi connectivity index (χ3n) is 3.46. The largest absolute Gasteiger partial charge is 0.396 e. The Morgan fingerprint density at radius 2 is 1.18 bits per heavy atom. The lowest BCUT2D eigenvalue weighted by molar-refractivity contribution is 0.633. The van der Waals surface area contributed by atoms with Gasteiger partial charge in [-0.15, -0.1) is 0 Å². The van der Waals surface area contributed by atoms with Crippen LogP contribution >= 0.6 is 23.2 Å². The molecule has 0 aromatic heterocycles. The Morgan fingerprint density at radius 1 is 0.682 bits per heavy atom. The van der Waals surface area contributed by atoms with Crippen LogP contribution in [0.25, 0.3) is 22.3 Å². The van der Waals surface area contributed by atoms with Crippen molar-refractivity contribution in [3.8, 4) is 22.3 Å². The Balaban J connectivity index is 2.14. The van der Waals surface area contributed by atoms with Crippen molar-refractivity contribution in [2.75, 3.05) is 5.73 Å². The van der Waals surface area contributed by atoms with Crippen molar-refractivity contribution < 1.29 is 4.39 Å². The molecule has 0 heterocycles. The van der Waals surface area contributed by atoms with Gasteiger partial charge in [0.05, 0.1) is 5.69 Å². The van der Waals surface area contributed by atoms with Gasteiger partial charge in [0.15, 0.2) is 0 Å². The van der Waals surface area contributed by atoms with Crippen molar-refractivity contribution in [2.24, 2.45) is 0 Å². The van der Waals surface area contributed by atoms with Crippen LogP contribution in [0.2, 0.25) is 10.0 Å². The van der Waals surface area contributed by atoms with E-state index in [1.165, 1.54) is 6.07 Å². The van der Waals surface area contributed by atoms with Crippen molar-refractivity contribution in [1.29, 1.82) is 0 Å². The fourth-order valence-electron chi connectivity index (χ4n) is 2.30. The Bertz CT molecular complexity index is 812. The summed E-state index contributed by atoms with van der Waals surface area (Å²) in [7, 11) is 0. The van der Waals surface area contributed by atoms with Gasteiger partial charge in [-0.05, 0) is 53.1 Å². The van der Waals surface area contributed by atoms with E-state index in [1.807, 2.05) is 30.3 Å². The smallest absolute Gasteiger partial charge is 0.147 e. The highest BCUT2D eigenvalue weighted by molar-refractivity contribution is 6.30. The zero-order valence-electron chi connectivity index (χ0n) is 11.5. The third-order valence-corrected chi connectivity index (χ3v) is 3.97. The number of nitrogens with two attached hydrogens (primary N) is 1. The molecule has 0 bridgehead atoms. The van der Waals surface area contributed by atoms with Gasteiger partial charge >= 0.3 is 0 Å². The summed E-state index contributed by atoms with van der Waals surface area (Å²) in [5.41, 5.74) is 9.09.